The zero-order chi connectivity index (χ0) is 12.8. The molecule has 1 aromatic heterocycles. The maximum absolute atomic E-state index is 10.1. The van der Waals surface area contributed by atoms with E-state index in [1.54, 1.807) is 10.9 Å². The zero-order valence-corrected chi connectivity index (χ0v) is 10.5. The van der Waals surface area contributed by atoms with E-state index in [1.807, 2.05) is 43.3 Å². The highest BCUT2D eigenvalue weighted by Gasteiger charge is 2.12. The van der Waals surface area contributed by atoms with Gasteiger partial charge in [0.15, 0.2) is 0 Å². The first-order chi connectivity index (χ1) is 8.81. The van der Waals surface area contributed by atoms with E-state index in [2.05, 4.69) is 5.10 Å². The minimum Gasteiger partial charge on any atom is -0.493 e. The van der Waals surface area contributed by atoms with E-state index in [9.17, 15) is 5.11 Å². The fourth-order valence-corrected chi connectivity index (χ4v) is 1.84. The molecule has 0 saturated heterocycles. The lowest BCUT2D eigenvalue weighted by atomic mass is 10.2. The molecule has 2 aromatic rings. The molecule has 1 heterocycles. The Morgan fingerprint density at radius 2 is 2.06 bits per heavy atom. The molecule has 0 fully saturated rings. The fourth-order valence-electron chi connectivity index (χ4n) is 1.84. The minimum atomic E-state index is -0.531. The van der Waals surface area contributed by atoms with E-state index in [1.165, 1.54) is 0 Å². The standard InChI is InChI=1S/C14H18N2O2/c1-2-16-13(8-10-15-16)14(17)9-11-18-12-6-4-3-5-7-12/h3-8,10,14,17H,2,9,11H2,1H3. The number of aliphatic hydroxyl groups is 1. The van der Waals surface area contributed by atoms with E-state index in [0.717, 1.165) is 18.0 Å². The SMILES string of the molecule is CCn1nccc1C(O)CCOc1ccccc1. The minimum absolute atomic E-state index is 0.486. The van der Waals surface area contributed by atoms with Gasteiger partial charge in [-0.1, -0.05) is 18.2 Å². The second-order valence-corrected chi connectivity index (χ2v) is 4.04. The van der Waals surface area contributed by atoms with Gasteiger partial charge in [0, 0.05) is 19.2 Å². The molecule has 2 rings (SSSR count). The van der Waals surface area contributed by atoms with Crippen LogP contribution in [0.5, 0.6) is 5.75 Å². The lowest BCUT2D eigenvalue weighted by Gasteiger charge is -2.13. The molecule has 0 radical (unpaired) electrons. The van der Waals surface area contributed by atoms with Crippen LogP contribution in [0.1, 0.15) is 25.1 Å². The lowest BCUT2D eigenvalue weighted by Crippen LogP contribution is -2.11. The average molecular weight is 246 g/mol. The number of aliphatic hydroxyl groups excluding tert-OH is 1. The van der Waals surface area contributed by atoms with Crippen LogP contribution in [0.15, 0.2) is 42.6 Å². The van der Waals surface area contributed by atoms with Crippen LogP contribution in [0.25, 0.3) is 0 Å². The molecule has 1 unspecified atom stereocenters. The van der Waals surface area contributed by atoms with E-state index in [-0.39, 0.29) is 0 Å². The van der Waals surface area contributed by atoms with Crippen LogP contribution < -0.4 is 4.74 Å². The van der Waals surface area contributed by atoms with Crippen LogP contribution in [0.4, 0.5) is 0 Å². The monoisotopic (exact) mass is 246 g/mol. The normalized spacial score (nSPS) is 12.3. The molecule has 0 aliphatic heterocycles. The molecule has 4 heteroatoms. The van der Waals surface area contributed by atoms with Crippen molar-refractivity contribution in [3.63, 3.8) is 0 Å². The van der Waals surface area contributed by atoms with Crippen LogP contribution in [0.3, 0.4) is 0 Å². The molecule has 0 saturated carbocycles. The molecule has 0 bridgehead atoms. The van der Waals surface area contributed by atoms with Gasteiger partial charge in [-0.2, -0.15) is 5.10 Å². The van der Waals surface area contributed by atoms with Crippen LogP contribution in [0, 0.1) is 0 Å². The number of rotatable bonds is 6. The Balaban J connectivity index is 1.84. The van der Waals surface area contributed by atoms with Gasteiger partial charge in [0.05, 0.1) is 18.4 Å². The number of aryl methyl sites for hydroxylation is 1. The third kappa shape index (κ3) is 3.11. The van der Waals surface area contributed by atoms with E-state index < -0.39 is 6.10 Å². The smallest absolute Gasteiger partial charge is 0.119 e. The quantitative estimate of drug-likeness (QED) is 0.851. The Bertz CT molecular complexity index is 468. The third-order valence-corrected chi connectivity index (χ3v) is 2.79. The second kappa shape index (κ2) is 6.21. The van der Waals surface area contributed by atoms with Crippen molar-refractivity contribution in [2.24, 2.45) is 0 Å². The summed E-state index contributed by atoms with van der Waals surface area (Å²) in [6.45, 7) is 3.25. The van der Waals surface area contributed by atoms with Crippen LogP contribution in [-0.2, 0) is 6.54 Å². The summed E-state index contributed by atoms with van der Waals surface area (Å²) in [5.41, 5.74) is 0.842. The topological polar surface area (TPSA) is 47.3 Å². The van der Waals surface area contributed by atoms with Crippen molar-refractivity contribution < 1.29 is 9.84 Å². The summed E-state index contributed by atoms with van der Waals surface area (Å²) in [6, 6.07) is 11.5. The first-order valence-electron chi connectivity index (χ1n) is 6.19. The summed E-state index contributed by atoms with van der Waals surface area (Å²) in [4.78, 5) is 0. The van der Waals surface area contributed by atoms with Gasteiger partial charge in [-0.05, 0) is 25.1 Å². The van der Waals surface area contributed by atoms with Crippen molar-refractivity contribution >= 4 is 0 Å². The van der Waals surface area contributed by atoms with Crippen molar-refractivity contribution in [1.29, 1.82) is 0 Å². The van der Waals surface area contributed by atoms with Gasteiger partial charge < -0.3 is 9.84 Å². The zero-order valence-electron chi connectivity index (χ0n) is 10.5. The summed E-state index contributed by atoms with van der Waals surface area (Å²) in [7, 11) is 0. The van der Waals surface area contributed by atoms with Crippen LogP contribution >= 0.6 is 0 Å². The predicted molar refractivity (Wildman–Crippen MR) is 69.4 cm³/mol. The molecular weight excluding hydrogens is 228 g/mol. The maximum atomic E-state index is 10.1. The molecule has 0 amide bonds. The third-order valence-electron chi connectivity index (χ3n) is 2.79. The summed E-state index contributed by atoms with van der Waals surface area (Å²) >= 11 is 0. The lowest BCUT2D eigenvalue weighted by molar-refractivity contribution is 0.132. The number of nitrogens with zero attached hydrogens (tertiary/aromatic N) is 2. The Kier molecular flexibility index (Phi) is 4.36. The number of benzene rings is 1. The summed E-state index contributed by atoms with van der Waals surface area (Å²) in [5, 5.41) is 14.2. The molecule has 0 aliphatic rings. The molecule has 0 aliphatic carbocycles. The highest BCUT2D eigenvalue weighted by Crippen LogP contribution is 2.17. The fraction of sp³-hybridized carbons (Fsp3) is 0.357. The summed E-state index contributed by atoms with van der Waals surface area (Å²) in [5.74, 6) is 0.827. The van der Waals surface area contributed by atoms with E-state index in [4.69, 9.17) is 4.74 Å². The first-order valence-corrected chi connectivity index (χ1v) is 6.19. The van der Waals surface area contributed by atoms with Gasteiger partial charge in [0.1, 0.15) is 5.75 Å². The molecule has 18 heavy (non-hydrogen) atoms. The number of ether oxygens (including phenoxy) is 1. The molecule has 1 atom stereocenters. The van der Waals surface area contributed by atoms with Crippen molar-refractivity contribution in [3.8, 4) is 5.75 Å². The van der Waals surface area contributed by atoms with Crippen molar-refractivity contribution in [1.82, 2.24) is 9.78 Å². The predicted octanol–water partition coefficient (Wildman–Crippen LogP) is 2.41. The number of aromatic nitrogens is 2. The highest BCUT2D eigenvalue weighted by molar-refractivity contribution is 5.20. The van der Waals surface area contributed by atoms with Gasteiger partial charge in [-0.25, -0.2) is 0 Å². The van der Waals surface area contributed by atoms with E-state index >= 15 is 0 Å². The Morgan fingerprint density at radius 3 is 2.78 bits per heavy atom. The van der Waals surface area contributed by atoms with Gasteiger partial charge >= 0.3 is 0 Å². The highest BCUT2D eigenvalue weighted by atomic mass is 16.5. The molecule has 4 nitrogen and oxygen atoms in total. The van der Waals surface area contributed by atoms with Crippen molar-refractivity contribution in [2.45, 2.75) is 26.0 Å². The number of hydrogen-bond donors (Lipinski definition) is 1. The maximum Gasteiger partial charge on any atom is 0.119 e. The molecule has 1 N–H and O–H groups in total. The Morgan fingerprint density at radius 1 is 1.28 bits per heavy atom. The summed E-state index contributed by atoms with van der Waals surface area (Å²) in [6.07, 6.45) is 1.73. The van der Waals surface area contributed by atoms with Gasteiger partial charge in [-0.3, -0.25) is 4.68 Å². The van der Waals surface area contributed by atoms with Crippen LogP contribution in [-0.4, -0.2) is 21.5 Å². The average Bonchev–Trinajstić information content (AvgIpc) is 2.88. The van der Waals surface area contributed by atoms with Crippen molar-refractivity contribution in [2.75, 3.05) is 6.61 Å². The Hall–Kier alpha value is -1.81. The van der Waals surface area contributed by atoms with Gasteiger partial charge in [-0.15, -0.1) is 0 Å². The first kappa shape index (κ1) is 12.6. The molecule has 0 spiro atoms. The Labute approximate surface area is 107 Å². The second-order valence-electron chi connectivity index (χ2n) is 4.04. The number of para-hydroxylation sites is 1. The van der Waals surface area contributed by atoms with Gasteiger partial charge in [0.25, 0.3) is 0 Å². The molecule has 1 aromatic carbocycles. The van der Waals surface area contributed by atoms with E-state index in [0.29, 0.717) is 13.0 Å². The van der Waals surface area contributed by atoms with Crippen LogP contribution in [0.2, 0.25) is 0 Å². The summed E-state index contributed by atoms with van der Waals surface area (Å²) < 4.78 is 7.36. The molecular formula is C14H18N2O2. The molecule has 96 valence electrons. The largest absolute Gasteiger partial charge is 0.493 e. The number of hydrogen-bond acceptors (Lipinski definition) is 3. The van der Waals surface area contributed by atoms with Crippen molar-refractivity contribution in [3.05, 3.63) is 48.3 Å². The van der Waals surface area contributed by atoms with Gasteiger partial charge in [0.2, 0.25) is 0 Å².